The fourth-order valence-electron chi connectivity index (χ4n) is 0.913. The molecule has 0 bridgehead atoms. The van der Waals surface area contributed by atoms with Gasteiger partial charge in [0.2, 0.25) is 0 Å². The Kier molecular flexibility index (Phi) is 3.73. The molecule has 0 aliphatic carbocycles. The summed E-state index contributed by atoms with van der Waals surface area (Å²) in [5.41, 5.74) is 0.296. The molecule has 0 heterocycles. The Hall–Kier alpha value is -0.560. The van der Waals surface area contributed by atoms with Gasteiger partial charge in [-0.3, -0.25) is 8.42 Å². The second-order valence-electron chi connectivity index (χ2n) is 2.29. The van der Waals surface area contributed by atoms with Gasteiger partial charge in [-0.1, -0.05) is 29.3 Å². The molecule has 0 amide bonds. The van der Waals surface area contributed by atoms with Crippen LogP contribution in [0.15, 0.2) is 29.2 Å². The average molecular weight is 218 g/mol. The van der Waals surface area contributed by atoms with E-state index in [0.717, 1.165) is 0 Å². The second kappa shape index (κ2) is 4.61. The summed E-state index contributed by atoms with van der Waals surface area (Å²) >= 11 is -4.65. The van der Waals surface area contributed by atoms with E-state index in [1.165, 1.54) is 12.1 Å². The normalized spacial score (nSPS) is 15.2. The zero-order chi connectivity index (χ0) is 9.84. The van der Waals surface area contributed by atoms with Crippen molar-refractivity contribution >= 4 is 22.2 Å². The summed E-state index contributed by atoms with van der Waals surface area (Å²) in [5, 5.41) is 0. The van der Waals surface area contributed by atoms with E-state index in [1.54, 1.807) is 12.1 Å². The highest BCUT2D eigenvalue weighted by Crippen LogP contribution is 2.13. The lowest BCUT2D eigenvalue weighted by Gasteiger charge is -2.12. The molecule has 1 aromatic rings. The zero-order valence-corrected chi connectivity index (χ0v) is 8.10. The third-order valence-corrected chi connectivity index (χ3v) is 2.73. The van der Waals surface area contributed by atoms with E-state index in [9.17, 15) is 17.5 Å². The van der Waals surface area contributed by atoms with Crippen molar-refractivity contribution in [3.8, 4) is 0 Å². The lowest BCUT2D eigenvalue weighted by Crippen LogP contribution is -2.00. The molecule has 0 aliphatic heterocycles. The van der Waals surface area contributed by atoms with E-state index in [2.05, 4.69) is 0 Å². The molecule has 0 spiro atoms. The lowest BCUT2D eigenvalue weighted by atomic mass is 10.2. The predicted molar refractivity (Wildman–Crippen MR) is 46.3 cm³/mol. The molecule has 13 heavy (non-hydrogen) atoms. The fraction of sp³-hybridized carbons (Fsp3) is 0.143. The largest absolute Gasteiger partial charge is 0.772 e. The van der Waals surface area contributed by atoms with Gasteiger partial charge in [-0.2, -0.15) is 0 Å². The van der Waals surface area contributed by atoms with E-state index in [0.29, 0.717) is 5.56 Å². The van der Waals surface area contributed by atoms with Crippen LogP contribution in [-0.4, -0.2) is 17.5 Å². The monoisotopic (exact) mass is 218 g/mol. The first-order valence-electron chi connectivity index (χ1n) is 3.34. The lowest BCUT2D eigenvalue weighted by molar-refractivity contribution is 0.533. The Morgan fingerprint density at radius 2 is 1.77 bits per heavy atom. The van der Waals surface area contributed by atoms with Crippen molar-refractivity contribution in [2.75, 3.05) is 0 Å². The van der Waals surface area contributed by atoms with Gasteiger partial charge in [0.15, 0.2) is 0 Å². The predicted octanol–water partition coefficient (Wildman–Crippen LogP) is 0.304. The van der Waals surface area contributed by atoms with E-state index < -0.39 is 22.2 Å². The molecule has 4 nitrogen and oxygen atoms in total. The van der Waals surface area contributed by atoms with Crippen LogP contribution in [0.2, 0.25) is 0 Å². The van der Waals surface area contributed by atoms with Crippen LogP contribution in [0.25, 0.3) is 0 Å². The highest BCUT2D eigenvalue weighted by Gasteiger charge is 2.01. The molecular formula is C7H6O4S2-2. The summed E-state index contributed by atoms with van der Waals surface area (Å²) in [5.74, 6) is -0.274. The van der Waals surface area contributed by atoms with Gasteiger partial charge in [-0.05, 0) is 22.7 Å². The van der Waals surface area contributed by atoms with Crippen molar-refractivity contribution in [1.82, 2.24) is 0 Å². The first kappa shape index (κ1) is 10.5. The minimum Gasteiger partial charge on any atom is -0.772 e. The fourth-order valence-corrected chi connectivity index (χ4v) is 2.05. The van der Waals surface area contributed by atoms with Crippen LogP contribution in [-0.2, 0) is 27.9 Å². The molecule has 0 aromatic heterocycles. The van der Waals surface area contributed by atoms with Crippen LogP contribution >= 0.6 is 0 Å². The van der Waals surface area contributed by atoms with Crippen molar-refractivity contribution < 1.29 is 17.5 Å². The van der Waals surface area contributed by atoms with E-state index in [-0.39, 0.29) is 10.6 Å². The quantitative estimate of drug-likeness (QED) is 0.683. The number of hydrogen-bond donors (Lipinski definition) is 0. The first-order valence-corrected chi connectivity index (χ1v) is 5.66. The Morgan fingerprint density at radius 3 is 2.31 bits per heavy atom. The van der Waals surface area contributed by atoms with Crippen LogP contribution in [0, 0.1) is 0 Å². The second-order valence-corrected chi connectivity index (χ2v) is 4.10. The van der Waals surface area contributed by atoms with Crippen molar-refractivity contribution in [3.63, 3.8) is 0 Å². The van der Waals surface area contributed by atoms with Gasteiger partial charge < -0.3 is 9.11 Å². The molecular weight excluding hydrogens is 212 g/mol. The summed E-state index contributed by atoms with van der Waals surface area (Å²) in [6.07, 6.45) is 0. The Labute approximate surface area is 80.6 Å². The maximum absolute atomic E-state index is 10.6. The smallest absolute Gasteiger partial charge is 0.0364 e. The molecule has 1 aromatic carbocycles. The summed E-state index contributed by atoms with van der Waals surface area (Å²) < 4.78 is 41.9. The van der Waals surface area contributed by atoms with E-state index >= 15 is 0 Å². The highest BCUT2D eigenvalue weighted by atomic mass is 32.2. The SMILES string of the molecule is O=S([O-])Cc1ccccc1S(=O)[O-]. The zero-order valence-electron chi connectivity index (χ0n) is 6.47. The molecule has 0 N–H and O–H groups in total. The third-order valence-electron chi connectivity index (χ3n) is 1.43. The van der Waals surface area contributed by atoms with Crippen molar-refractivity contribution in [2.45, 2.75) is 10.6 Å². The molecule has 0 fully saturated rings. The topological polar surface area (TPSA) is 80.3 Å². The number of benzene rings is 1. The molecule has 0 saturated carbocycles. The Morgan fingerprint density at radius 1 is 1.15 bits per heavy atom. The maximum Gasteiger partial charge on any atom is 0.0364 e. The van der Waals surface area contributed by atoms with Gasteiger partial charge in [-0.15, -0.1) is 0 Å². The highest BCUT2D eigenvalue weighted by molar-refractivity contribution is 7.79. The van der Waals surface area contributed by atoms with Crippen LogP contribution in [0.3, 0.4) is 0 Å². The molecule has 2 unspecified atom stereocenters. The molecule has 1 rings (SSSR count). The van der Waals surface area contributed by atoms with Crippen LogP contribution in [0.5, 0.6) is 0 Å². The molecule has 0 radical (unpaired) electrons. The average Bonchev–Trinajstić information content (AvgIpc) is 2.03. The molecule has 0 saturated heterocycles. The Bertz CT molecular complexity index is 350. The molecule has 2 atom stereocenters. The van der Waals surface area contributed by atoms with Gasteiger partial charge >= 0.3 is 0 Å². The third kappa shape index (κ3) is 3.00. The first-order chi connectivity index (χ1) is 6.11. The Balaban J connectivity index is 3.04. The van der Waals surface area contributed by atoms with E-state index in [4.69, 9.17) is 0 Å². The summed E-state index contributed by atoms with van der Waals surface area (Å²) in [7, 11) is 0. The molecule has 0 aliphatic rings. The van der Waals surface area contributed by atoms with Gasteiger partial charge in [0.05, 0.1) is 0 Å². The summed E-state index contributed by atoms with van der Waals surface area (Å²) in [4.78, 5) is 0.0340. The number of rotatable bonds is 3. The van der Waals surface area contributed by atoms with Crippen LogP contribution in [0.4, 0.5) is 0 Å². The standard InChI is InChI=1S/C7H8O4S2/c8-12(9)5-6-3-1-2-4-7(6)13(10)11/h1-4H,5H2,(H,8,9)(H,10,11)/p-2. The number of hydrogen-bond acceptors (Lipinski definition) is 4. The maximum atomic E-state index is 10.6. The minimum atomic E-state index is -2.38. The van der Waals surface area contributed by atoms with Crippen LogP contribution < -0.4 is 0 Å². The van der Waals surface area contributed by atoms with Gasteiger partial charge in [0.1, 0.15) is 0 Å². The van der Waals surface area contributed by atoms with Crippen molar-refractivity contribution in [3.05, 3.63) is 29.8 Å². The van der Waals surface area contributed by atoms with Gasteiger partial charge in [-0.25, -0.2) is 0 Å². The minimum absolute atomic E-state index is 0.0340. The van der Waals surface area contributed by atoms with Gasteiger partial charge in [0, 0.05) is 10.6 Å². The van der Waals surface area contributed by atoms with Crippen molar-refractivity contribution in [2.24, 2.45) is 0 Å². The van der Waals surface area contributed by atoms with E-state index in [1.807, 2.05) is 0 Å². The molecule has 72 valence electrons. The van der Waals surface area contributed by atoms with Gasteiger partial charge in [0.25, 0.3) is 0 Å². The summed E-state index contributed by atoms with van der Waals surface area (Å²) in [6.45, 7) is 0. The molecule has 6 heteroatoms. The van der Waals surface area contributed by atoms with Crippen molar-refractivity contribution in [1.29, 1.82) is 0 Å². The van der Waals surface area contributed by atoms with Crippen LogP contribution in [0.1, 0.15) is 5.56 Å². The summed E-state index contributed by atoms with van der Waals surface area (Å²) in [6, 6.07) is 5.98.